The van der Waals surface area contributed by atoms with Crippen LogP contribution in [-0.2, 0) is 0 Å². The minimum Gasteiger partial charge on any atom is -0.310 e. The molecule has 310 valence electrons. The molecule has 0 amide bonds. The number of nitrogens with zero attached hydrogens (tertiary/aromatic N) is 4. The third-order valence-electron chi connectivity index (χ3n) is 12.6. The van der Waals surface area contributed by atoms with E-state index < -0.39 is 0 Å². The third-order valence-corrected chi connectivity index (χ3v) is 12.6. The summed E-state index contributed by atoms with van der Waals surface area (Å²) >= 11 is 0. The summed E-state index contributed by atoms with van der Waals surface area (Å²) in [5.74, 6) is 0. The zero-order valence-corrected chi connectivity index (χ0v) is 36.0. The lowest BCUT2D eigenvalue weighted by atomic mass is 9.93. The Morgan fingerprint density at radius 1 is 0.258 bits per heavy atom. The van der Waals surface area contributed by atoms with Gasteiger partial charge in [-0.3, -0.25) is 9.97 Å². The zero-order chi connectivity index (χ0) is 43.8. The minimum atomic E-state index is 0.896. The van der Waals surface area contributed by atoms with E-state index in [0.29, 0.717) is 0 Å². The largest absolute Gasteiger partial charge is 0.310 e. The lowest BCUT2D eigenvalue weighted by molar-refractivity contribution is 1.28. The maximum Gasteiger partial charge on any atom is 0.0751 e. The number of aromatic nitrogens is 2. The predicted octanol–water partition coefficient (Wildman–Crippen LogP) is 17.0. The first-order valence-electron chi connectivity index (χ1n) is 22.4. The van der Waals surface area contributed by atoms with Crippen LogP contribution in [0, 0.1) is 0 Å². The van der Waals surface area contributed by atoms with E-state index in [1.807, 2.05) is 12.4 Å². The van der Waals surface area contributed by atoms with Gasteiger partial charge in [-0.05, 0) is 112 Å². The fourth-order valence-corrected chi connectivity index (χ4v) is 9.57. The summed E-state index contributed by atoms with van der Waals surface area (Å²) in [5.41, 5.74) is 17.4. The van der Waals surface area contributed by atoms with Crippen molar-refractivity contribution in [2.45, 2.75) is 0 Å². The minimum absolute atomic E-state index is 0.896. The topological polar surface area (TPSA) is 32.3 Å². The summed E-state index contributed by atoms with van der Waals surface area (Å²) in [7, 11) is 0. The molecule has 0 saturated carbocycles. The van der Waals surface area contributed by atoms with E-state index in [-0.39, 0.29) is 0 Å². The fourth-order valence-electron chi connectivity index (χ4n) is 9.57. The number of anilines is 6. The predicted molar refractivity (Wildman–Crippen MR) is 277 cm³/mol. The molecule has 12 rings (SSSR count). The monoisotopic (exact) mass is 842 g/mol. The van der Waals surface area contributed by atoms with E-state index in [1.165, 1.54) is 27.8 Å². The molecule has 4 nitrogen and oxygen atoms in total. The van der Waals surface area contributed by atoms with Gasteiger partial charge >= 0.3 is 0 Å². The van der Waals surface area contributed by atoms with Gasteiger partial charge in [0.1, 0.15) is 0 Å². The quantitative estimate of drug-likeness (QED) is 0.128. The van der Waals surface area contributed by atoms with Crippen LogP contribution in [0.4, 0.5) is 34.1 Å². The van der Waals surface area contributed by atoms with Gasteiger partial charge in [-0.15, -0.1) is 0 Å². The van der Waals surface area contributed by atoms with E-state index in [1.54, 1.807) is 0 Å². The van der Waals surface area contributed by atoms with Crippen LogP contribution in [0.5, 0.6) is 0 Å². The molecule has 12 aromatic rings. The molecule has 0 N–H and O–H groups in total. The normalized spacial score (nSPS) is 11.3. The molecule has 0 aliphatic carbocycles. The van der Waals surface area contributed by atoms with Gasteiger partial charge in [0.2, 0.25) is 0 Å². The standard InChI is InChI=1S/C62H42N4/c1-7-19-43(20-8-1)47-31-34-60(57(37-47)46-25-13-4-14-26-46)66(51-29-17-6-18-30-51)54-39-58-62-59(40-54)64-42-49-36-53(35-48(41-63-58)61(49)62)65(50-27-15-5-16-28-50)52-32-33-55(44-21-9-2-10-22-44)56(38-52)45-23-11-3-12-24-45/h1-42H. The number of rotatable bonds is 10. The highest BCUT2D eigenvalue weighted by Gasteiger charge is 2.23. The van der Waals surface area contributed by atoms with E-state index in [2.05, 4.69) is 252 Å². The number of hydrogen-bond donors (Lipinski definition) is 0. The molecular weight excluding hydrogens is 801 g/mol. The molecule has 10 aromatic carbocycles. The first-order chi connectivity index (χ1) is 32.7. The van der Waals surface area contributed by atoms with Gasteiger partial charge in [0, 0.05) is 62.3 Å². The Labute approximate surface area is 384 Å². The van der Waals surface area contributed by atoms with Crippen molar-refractivity contribution < 1.29 is 0 Å². The highest BCUT2D eigenvalue weighted by Crippen LogP contribution is 2.47. The van der Waals surface area contributed by atoms with Gasteiger partial charge in [-0.1, -0.05) is 170 Å². The van der Waals surface area contributed by atoms with Gasteiger partial charge in [-0.25, -0.2) is 0 Å². The lowest BCUT2D eigenvalue weighted by Crippen LogP contribution is -2.12. The van der Waals surface area contributed by atoms with Crippen molar-refractivity contribution in [3.05, 3.63) is 255 Å². The Morgan fingerprint density at radius 2 is 0.712 bits per heavy atom. The summed E-state index contributed by atoms with van der Waals surface area (Å²) in [6.45, 7) is 0. The zero-order valence-electron chi connectivity index (χ0n) is 36.0. The van der Waals surface area contributed by atoms with E-state index in [9.17, 15) is 0 Å². The van der Waals surface area contributed by atoms with Gasteiger partial charge in [0.25, 0.3) is 0 Å². The number of pyridine rings is 2. The first-order valence-corrected chi connectivity index (χ1v) is 22.4. The van der Waals surface area contributed by atoms with Gasteiger partial charge in [0.05, 0.1) is 22.4 Å². The molecule has 0 atom stereocenters. The molecular formula is C62H42N4. The average Bonchev–Trinajstić information content (AvgIpc) is 3.39. The van der Waals surface area contributed by atoms with Crippen LogP contribution in [0.25, 0.3) is 77.1 Å². The van der Waals surface area contributed by atoms with Crippen molar-refractivity contribution in [1.82, 2.24) is 9.97 Å². The van der Waals surface area contributed by atoms with Gasteiger partial charge in [-0.2, -0.15) is 0 Å². The molecule has 0 spiro atoms. The third kappa shape index (κ3) is 7.08. The average molecular weight is 843 g/mol. The molecule has 0 bridgehead atoms. The summed E-state index contributed by atoms with van der Waals surface area (Å²) in [5, 5.41) is 4.33. The molecule has 66 heavy (non-hydrogen) atoms. The second-order valence-electron chi connectivity index (χ2n) is 16.6. The lowest BCUT2D eigenvalue weighted by Gasteiger charge is -2.29. The van der Waals surface area contributed by atoms with Crippen LogP contribution in [-0.4, -0.2) is 9.97 Å². The summed E-state index contributed by atoms with van der Waals surface area (Å²) < 4.78 is 0. The maximum atomic E-state index is 5.24. The Hall–Kier alpha value is -8.86. The summed E-state index contributed by atoms with van der Waals surface area (Å²) in [6, 6.07) is 86.4. The van der Waals surface area contributed by atoms with Crippen LogP contribution in [0.15, 0.2) is 255 Å². The molecule has 0 aliphatic heterocycles. The van der Waals surface area contributed by atoms with Crippen LogP contribution < -0.4 is 9.80 Å². The van der Waals surface area contributed by atoms with E-state index >= 15 is 0 Å². The Kier molecular flexibility index (Phi) is 9.81. The highest BCUT2D eigenvalue weighted by atomic mass is 15.2. The molecule has 0 radical (unpaired) electrons. The maximum absolute atomic E-state index is 5.24. The number of hydrogen-bond acceptors (Lipinski definition) is 4. The van der Waals surface area contributed by atoms with Crippen molar-refractivity contribution in [2.24, 2.45) is 0 Å². The Balaban J connectivity index is 1.01. The van der Waals surface area contributed by atoms with Crippen molar-refractivity contribution >= 4 is 66.7 Å². The first kappa shape index (κ1) is 38.8. The van der Waals surface area contributed by atoms with Crippen molar-refractivity contribution in [1.29, 1.82) is 0 Å². The van der Waals surface area contributed by atoms with Gasteiger partial charge in [0.15, 0.2) is 0 Å². The molecule has 2 heterocycles. The highest BCUT2D eigenvalue weighted by molar-refractivity contribution is 6.22. The second kappa shape index (κ2) is 16.7. The summed E-state index contributed by atoms with van der Waals surface area (Å²) in [6.07, 6.45) is 4.07. The Bertz CT molecular complexity index is 3550. The van der Waals surface area contributed by atoms with E-state index in [4.69, 9.17) is 9.97 Å². The van der Waals surface area contributed by atoms with Crippen LogP contribution in [0.1, 0.15) is 0 Å². The Morgan fingerprint density at radius 3 is 1.26 bits per heavy atom. The fraction of sp³-hybridized carbons (Fsp3) is 0. The number of benzene rings is 10. The SMILES string of the molecule is c1ccc(-c2ccc(N(c3ccccc3)c3cc4ncc5cc(N(c6ccccc6)c6ccc(-c7ccccc7)c(-c7ccccc7)c6)cc6cnc(c3)c4c56)c(-c3ccccc3)c2)cc1. The molecule has 0 saturated heterocycles. The van der Waals surface area contributed by atoms with E-state index in [0.717, 1.165) is 83.4 Å². The van der Waals surface area contributed by atoms with Crippen molar-refractivity contribution in [2.75, 3.05) is 9.80 Å². The smallest absolute Gasteiger partial charge is 0.0751 e. The molecule has 4 heteroatoms. The van der Waals surface area contributed by atoms with Crippen molar-refractivity contribution in [3.63, 3.8) is 0 Å². The molecule has 0 fully saturated rings. The molecule has 0 aliphatic rings. The van der Waals surface area contributed by atoms with Crippen LogP contribution in [0.2, 0.25) is 0 Å². The number of para-hydroxylation sites is 2. The second-order valence-corrected chi connectivity index (χ2v) is 16.6. The molecule has 2 aromatic heterocycles. The molecule has 0 unspecified atom stereocenters. The van der Waals surface area contributed by atoms with Crippen molar-refractivity contribution in [3.8, 4) is 44.5 Å². The van der Waals surface area contributed by atoms with Crippen LogP contribution >= 0.6 is 0 Å². The summed E-state index contributed by atoms with van der Waals surface area (Å²) in [4.78, 5) is 15.2. The van der Waals surface area contributed by atoms with Gasteiger partial charge < -0.3 is 9.80 Å². The van der Waals surface area contributed by atoms with Crippen LogP contribution in [0.3, 0.4) is 0 Å².